The number of quaternary nitrogens is 1. The van der Waals surface area contributed by atoms with Gasteiger partial charge in [-0.1, -0.05) is 68.8 Å². The Morgan fingerprint density at radius 2 is 1.56 bits per heavy atom. The van der Waals surface area contributed by atoms with E-state index < -0.39 is 0 Å². The molecule has 5 heteroatoms. The van der Waals surface area contributed by atoms with Gasteiger partial charge in [0.25, 0.3) is 0 Å². The molecular weight excluding hydrogens is 512 g/mol. The van der Waals surface area contributed by atoms with Crippen LogP contribution >= 0.6 is 45.8 Å². The number of rotatable bonds is 13. The second kappa shape index (κ2) is 15.2. The van der Waals surface area contributed by atoms with Crippen LogP contribution < -0.4 is 12.4 Å². The van der Waals surface area contributed by atoms with Crippen LogP contribution in [-0.2, 0) is 6.54 Å². The first-order chi connectivity index (χ1) is 12.5. The molecule has 1 atom stereocenters. The molecule has 1 unspecified atom stereocenters. The zero-order valence-corrected chi connectivity index (χ0v) is 21.0. The van der Waals surface area contributed by atoms with Crippen LogP contribution in [0.1, 0.15) is 70.8 Å². The second-order valence-corrected chi connectivity index (χ2v) is 9.21. The van der Waals surface area contributed by atoms with Crippen molar-refractivity contribution < 1.29 is 16.9 Å². The Kier molecular flexibility index (Phi) is 15.4. The minimum absolute atomic E-state index is 0. The van der Waals surface area contributed by atoms with Crippen molar-refractivity contribution in [2.75, 3.05) is 13.1 Å². The quantitative estimate of drug-likeness (QED) is 0.0830. The summed E-state index contributed by atoms with van der Waals surface area (Å²) in [6.45, 7) is 7.61. The number of terminal acetylenes is 1. The predicted octanol–water partition coefficient (Wildman–Crippen LogP) is 4.87. The van der Waals surface area contributed by atoms with Gasteiger partial charge in [-0.15, -0.1) is 6.42 Å². The number of hydrogen-bond acceptors (Lipinski definition) is 0. The maximum Gasteiger partial charge on any atom is 0.200 e. The van der Waals surface area contributed by atoms with Crippen molar-refractivity contribution in [1.82, 2.24) is 0 Å². The first-order valence-corrected chi connectivity index (χ1v) is 11.9. The molecule has 0 aromatic heterocycles. The molecule has 27 heavy (non-hydrogen) atoms. The Balaban J connectivity index is 0.00000676. The van der Waals surface area contributed by atoms with E-state index in [4.69, 9.17) is 29.6 Å². The molecule has 0 fully saturated rings. The van der Waals surface area contributed by atoms with E-state index >= 15 is 0 Å². The van der Waals surface area contributed by atoms with Gasteiger partial charge in [-0.25, -0.2) is 0 Å². The highest BCUT2D eigenvalue weighted by Gasteiger charge is 2.34. The molecule has 0 bridgehead atoms. The van der Waals surface area contributed by atoms with Gasteiger partial charge in [0.2, 0.25) is 4.05 Å². The smallest absolute Gasteiger partial charge is 0.200 e. The van der Waals surface area contributed by atoms with Crippen molar-refractivity contribution in [2.24, 2.45) is 0 Å². The van der Waals surface area contributed by atoms with Crippen LogP contribution in [0.3, 0.4) is 0 Å². The lowest BCUT2D eigenvalue weighted by molar-refractivity contribution is -0.940. The Labute approximate surface area is 196 Å². The van der Waals surface area contributed by atoms with Crippen molar-refractivity contribution in [3.8, 4) is 12.3 Å². The summed E-state index contributed by atoms with van der Waals surface area (Å²) >= 11 is 15.0. The summed E-state index contributed by atoms with van der Waals surface area (Å²) < 4.78 is 1.08. The summed E-state index contributed by atoms with van der Waals surface area (Å²) in [5, 5.41) is 1.44. The van der Waals surface area contributed by atoms with Crippen LogP contribution in [0.2, 0.25) is 10.0 Å². The standard InChI is InChI=1S/C22H33Cl2IN.ClH/c1-4-7-9-11-15-26(22(25)6-3,16-12-10-8-5-2)18-19-13-14-20(23)17-21(19)24;/h3,13-14,17,22H,4-5,7-12,15-16,18H2,1-2H3;1H/q+1;/p-1. The van der Waals surface area contributed by atoms with E-state index in [0.717, 1.165) is 34.7 Å². The predicted molar refractivity (Wildman–Crippen MR) is 125 cm³/mol. The lowest BCUT2D eigenvalue weighted by Crippen LogP contribution is -3.00. The Bertz CT molecular complexity index is 559. The molecule has 0 spiro atoms. The Morgan fingerprint density at radius 3 is 2.00 bits per heavy atom. The molecule has 0 radical (unpaired) electrons. The molecule has 0 aliphatic heterocycles. The molecule has 1 nitrogen and oxygen atoms in total. The molecule has 0 heterocycles. The zero-order valence-electron chi connectivity index (χ0n) is 16.6. The maximum absolute atomic E-state index is 6.50. The third kappa shape index (κ3) is 9.59. The fraction of sp³-hybridized carbons (Fsp3) is 0.636. The third-order valence-electron chi connectivity index (χ3n) is 5.03. The monoisotopic (exact) mass is 543 g/mol. The summed E-state index contributed by atoms with van der Waals surface area (Å²) in [5.41, 5.74) is 1.15. The normalized spacial score (nSPS) is 12.3. The van der Waals surface area contributed by atoms with E-state index in [1.54, 1.807) is 0 Å². The number of alkyl halides is 1. The molecule has 0 N–H and O–H groups in total. The molecule has 0 aliphatic rings. The number of nitrogens with zero attached hydrogens (tertiary/aromatic N) is 1. The van der Waals surface area contributed by atoms with E-state index in [0.29, 0.717) is 5.02 Å². The molecular formula is C22H33Cl3IN. The zero-order chi connectivity index (χ0) is 19.4. The largest absolute Gasteiger partial charge is 1.00 e. The number of benzene rings is 1. The van der Waals surface area contributed by atoms with Gasteiger partial charge in [0, 0.05) is 33.2 Å². The van der Waals surface area contributed by atoms with Gasteiger partial charge in [0.15, 0.2) is 0 Å². The van der Waals surface area contributed by atoms with Crippen LogP contribution in [0.25, 0.3) is 0 Å². The summed E-state index contributed by atoms with van der Waals surface area (Å²) in [5.74, 6) is 3.03. The highest BCUT2D eigenvalue weighted by atomic mass is 127. The van der Waals surface area contributed by atoms with E-state index in [9.17, 15) is 0 Å². The summed E-state index contributed by atoms with van der Waals surface area (Å²) in [4.78, 5) is 0. The van der Waals surface area contributed by atoms with Crippen LogP contribution in [-0.4, -0.2) is 21.6 Å². The Morgan fingerprint density at radius 1 is 1.00 bits per heavy atom. The minimum Gasteiger partial charge on any atom is -1.00 e. The van der Waals surface area contributed by atoms with Crippen LogP contribution in [0.15, 0.2) is 18.2 Å². The van der Waals surface area contributed by atoms with Crippen molar-refractivity contribution in [1.29, 1.82) is 0 Å². The second-order valence-electron chi connectivity index (χ2n) is 7.18. The minimum atomic E-state index is 0. The lowest BCUT2D eigenvalue weighted by atomic mass is 10.1. The molecule has 1 aromatic carbocycles. The van der Waals surface area contributed by atoms with E-state index in [1.807, 2.05) is 12.1 Å². The SMILES string of the molecule is C#CC(I)[N+](CCCCCC)(CCCCCC)Cc1ccc(Cl)cc1Cl.[Cl-]. The molecule has 0 saturated carbocycles. The van der Waals surface area contributed by atoms with Gasteiger partial charge in [0.05, 0.1) is 18.1 Å². The molecule has 0 amide bonds. The van der Waals surface area contributed by atoms with Crippen LogP contribution in [0.4, 0.5) is 0 Å². The molecule has 1 aromatic rings. The highest BCUT2D eigenvalue weighted by molar-refractivity contribution is 14.1. The maximum atomic E-state index is 6.50. The van der Waals surface area contributed by atoms with Gasteiger partial charge in [-0.2, -0.15) is 0 Å². The van der Waals surface area contributed by atoms with Crippen molar-refractivity contribution in [3.63, 3.8) is 0 Å². The van der Waals surface area contributed by atoms with Gasteiger partial charge in [0.1, 0.15) is 6.54 Å². The van der Waals surface area contributed by atoms with E-state index in [2.05, 4.69) is 48.4 Å². The van der Waals surface area contributed by atoms with Crippen LogP contribution in [0, 0.1) is 12.3 Å². The first kappa shape index (κ1) is 27.3. The number of halogens is 4. The number of unbranched alkanes of at least 4 members (excludes halogenated alkanes) is 6. The topological polar surface area (TPSA) is 0 Å². The summed E-state index contributed by atoms with van der Waals surface area (Å²) in [6, 6.07) is 5.85. The summed E-state index contributed by atoms with van der Waals surface area (Å²) in [6.07, 6.45) is 16.0. The summed E-state index contributed by atoms with van der Waals surface area (Å²) in [7, 11) is 0. The average Bonchev–Trinajstić information content (AvgIpc) is 2.63. The fourth-order valence-corrected chi connectivity index (χ4v) is 4.65. The molecule has 154 valence electrons. The molecule has 0 aliphatic carbocycles. The van der Waals surface area contributed by atoms with Crippen molar-refractivity contribution in [3.05, 3.63) is 33.8 Å². The van der Waals surface area contributed by atoms with Gasteiger partial charge in [-0.05, 0) is 43.7 Å². The van der Waals surface area contributed by atoms with Crippen molar-refractivity contribution >= 4 is 45.8 Å². The van der Waals surface area contributed by atoms with Crippen molar-refractivity contribution in [2.45, 2.75) is 75.8 Å². The average molecular weight is 545 g/mol. The van der Waals surface area contributed by atoms with Gasteiger partial charge < -0.3 is 12.4 Å². The van der Waals surface area contributed by atoms with E-state index in [1.165, 1.54) is 51.4 Å². The highest BCUT2D eigenvalue weighted by Crippen LogP contribution is 2.30. The molecule has 0 saturated heterocycles. The van der Waals surface area contributed by atoms with E-state index in [-0.39, 0.29) is 16.5 Å². The fourth-order valence-electron chi connectivity index (χ4n) is 3.43. The first-order valence-electron chi connectivity index (χ1n) is 9.89. The third-order valence-corrected chi connectivity index (χ3v) is 7.16. The van der Waals surface area contributed by atoms with Crippen LogP contribution in [0.5, 0.6) is 0 Å². The lowest BCUT2D eigenvalue weighted by Gasteiger charge is -2.41. The molecule has 1 rings (SSSR count). The van der Waals surface area contributed by atoms with Gasteiger partial charge >= 0.3 is 0 Å². The van der Waals surface area contributed by atoms with Gasteiger partial charge in [-0.3, -0.25) is 4.48 Å². The number of hydrogen-bond donors (Lipinski definition) is 0. The Hall–Kier alpha value is 0.340.